The van der Waals surface area contributed by atoms with Gasteiger partial charge in [0.05, 0.1) is 11.7 Å². The number of amides is 1. The van der Waals surface area contributed by atoms with Crippen LogP contribution in [0.3, 0.4) is 0 Å². The van der Waals surface area contributed by atoms with Crippen molar-refractivity contribution in [3.8, 4) is 5.75 Å². The molecule has 0 heterocycles. The van der Waals surface area contributed by atoms with Gasteiger partial charge in [0.15, 0.2) is 0 Å². The first-order valence-electron chi connectivity index (χ1n) is 10.5. The van der Waals surface area contributed by atoms with Gasteiger partial charge in [0.1, 0.15) is 5.75 Å². The van der Waals surface area contributed by atoms with E-state index in [9.17, 15) is 15.0 Å². The summed E-state index contributed by atoms with van der Waals surface area (Å²) in [7, 11) is 0. The molecule has 4 atom stereocenters. The highest BCUT2D eigenvalue weighted by Crippen LogP contribution is 2.55. The summed E-state index contributed by atoms with van der Waals surface area (Å²) in [4.78, 5) is 11.8. The Morgan fingerprint density at radius 1 is 1.30 bits per heavy atom. The van der Waals surface area contributed by atoms with Crippen LogP contribution in [0.1, 0.15) is 73.4 Å². The van der Waals surface area contributed by atoms with Crippen molar-refractivity contribution >= 4 is 5.91 Å². The fourth-order valence-corrected chi connectivity index (χ4v) is 5.95. The molecule has 0 unspecified atom stereocenters. The third-order valence-corrected chi connectivity index (χ3v) is 7.60. The summed E-state index contributed by atoms with van der Waals surface area (Å²) in [6, 6.07) is 3.97. The normalized spacial score (nSPS) is 33.0. The number of aromatic hydroxyl groups is 1. The minimum atomic E-state index is -0.598. The molecular weight excluding hydrogens is 340 g/mol. The second kappa shape index (κ2) is 7.10. The SMILES string of the molecule is CC[C@]12C[C@@H](O)CC[C@H]1[C@H](NCC1CCC1)Cc1ccc(C(N)=O)c(O)c12. The minimum absolute atomic E-state index is 0.0402. The Kier molecular flexibility index (Phi) is 4.93. The van der Waals surface area contributed by atoms with Gasteiger partial charge in [0.25, 0.3) is 5.91 Å². The molecule has 0 radical (unpaired) electrons. The fourth-order valence-electron chi connectivity index (χ4n) is 5.95. The quantitative estimate of drug-likeness (QED) is 0.639. The summed E-state index contributed by atoms with van der Waals surface area (Å²) in [5.41, 5.74) is 7.35. The van der Waals surface area contributed by atoms with E-state index in [4.69, 9.17) is 5.73 Å². The first-order valence-corrected chi connectivity index (χ1v) is 10.5. The molecule has 2 saturated carbocycles. The van der Waals surface area contributed by atoms with E-state index in [1.807, 2.05) is 6.07 Å². The molecule has 1 aromatic rings. The summed E-state index contributed by atoms with van der Waals surface area (Å²) in [6.45, 7) is 3.20. The van der Waals surface area contributed by atoms with Gasteiger partial charge in [-0.2, -0.15) is 0 Å². The molecule has 5 nitrogen and oxygen atoms in total. The largest absolute Gasteiger partial charge is 0.507 e. The summed E-state index contributed by atoms with van der Waals surface area (Å²) < 4.78 is 0. The van der Waals surface area contributed by atoms with Crippen LogP contribution < -0.4 is 11.1 Å². The number of primary amides is 1. The predicted octanol–water partition coefficient (Wildman–Crippen LogP) is 2.61. The lowest BCUT2D eigenvalue weighted by Gasteiger charge is -2.53. The first-order chi connectivity index (χ1) is 13.0. The number of fused-ring (bicyclic) bond motifs is 3. The van der Waals surface area contributed by atoms with Crippen LogP contribution >= 0.6 is 0 Å². The van der Waals surface area contributed by atoms with E-state index in [0.29, 0.717) is 18.4 Å². The van der Waals surface area contributed by atoms with Gasteiger partial charge in [-0.25, -0.2) is 0 Å². The first kappa shape index (κ1) is 18.8. The molecule has 27 heavy (non-hydrogen) atoms. The van der Waals surface area contributed by atoms with Crippen LogP contribution in [0.4, 0.5) is 0 Å². The number of carbonyl (C=O) groups is 1. The Balaban J connectivity index is 1.76. The van der Waals surface area contributed by atoms with E-state index in [1.165, 1.54) is 19.3 Å². The van der Waals surface area contributed by atoms with Crippen LogP contribution in [0.5, 0.6) is 5.75 Å². The van der Waals surface area contributed by atoms with Crippen molar-refractivity contribution in [2.75, 3.05) is 6.54 Å². The third kappa shape index (κ3) is 3.05. The molecule has 0 saturated heterocycles. The number of carbonyl (C=O) groups excluding carboxylic acids is 1. The van der Waals surface area contributed by atoms with Crippen molar-refractivity contribution < 1.29 is 15.0 Å². The van der Waals surface area contributed by atoms with Crippen LogP contribution in [0, 0.1) is 11.8 Å². The predicted molar refractivity (Wildman–Crippen MR) is 105 cm³/mol. The monoisotopic (exact) mass is 372 g/mol. The number of aliphatic hydroxyl groups excluding tert-OH is 1. The molecule has 4 rings (SSSR count). The topological polar surface area (TPSA) is 95.6 Å². The highest BCUT2D eigenvalue weighted by Gasteiger charge is 2.52. The van der Waals surface area contributed by atoms with E-state index in [1.54, 1.807) is 6.07 Å². The lowest BCUT2D eigenvalue weighted by Crippen LogP contribution is -2.56. The zero-order valence-corrected chi connectivity index (χ0v) is 16.2. The van der Waals surface area contributed by atoms with Crippen LogP contribution in [0.25, 0.3) is 0 Å². The molecule has 5 N–H and O–H groups in total. The van der Waals surface area contributed by atoms with Crippen LogP contribution in [-0.4, -0.2) is 34.8 Å². The van der Waals surface area contributed by atoms with E-state index in [-0.39, 0.29) is 22.8 Å². The van der Waals surface area contributed by atoms with Gasteiger partial charge >= 0.3 is 0 Å². The fraction of sp³-hybridized carbons (Fsp3) is 0.682. The Morgan fingerprint density at radius 2 is 2.07 bits per heavy atom. The summed E-state index contributed by atoms with van der Waals surface area (Å²) >= 11 is 0. The zero-order chi connectivity index (χ0) is 19.2. The Labute approximate surface area is 161 Å². The van der Waals surface area contributed by atoms with E-state index in [0.717, 1.165) is 49.3 Å². The highest BCUT2D eigenvalue weighted by molar-refractivity contribution is 5.96. The molecule has 148 valence electrons. The second-order valence-electron chi connectivity index (χ2n) is 8.93. The number of nitrogens with two attached hydrogens (primary N) is 1. The van der Waals surface area contributed by atoms with Crippen molar-refractivity contribution in [2.45, 2.75) is 75.9 Å². The van der Waals surface area contributed by atoms with Crippen molar-refractivity contribution in [3.63, 3.8) is 0 Å². The molecular formula is C22H32N2O3. The molecule has 2 fully saturated rings. The standard InChI is InChI=1S/C22H32N2O3/c1-2-22-11-15(25)7-9-17(22)18(24-12-13-4-3-5-13)10-14-6-8-16(21(23)27)20(26)19(14)22/h6,8,13,15,17-18,24-26H,2-5,7,9-12H2,1H3,(H2,23,27)/t15-,17-,18+,22-/m0/s1. The van der Waals surface area contributed by atoms with E-state index < -0.39 is 5.91 Å². The van der Waals surface area contributed by atoms with Crippen LogP contribution in [0.15, 0.2) is 12.1 Å². The molecule has 0 spiro atoms. The third-order valence-electron chi connectivity index (χ3n) is 7.60. The lowest BCUT2D eigenvalue weighted by molar-refractivity contribution is 0.0199. The maximum atomic E-state index is 11.8. The Hall–Kier alpha value is -1.59. The second-order valence-corrected chi connectivity index (χ2v) is 8.93. The number of phenols is 1. The van der Waals surface area contributed by atoms with Gasteiger partial charge in [0, 0.05) is 17.0 Å². The van der Waals surface area contributed by atoms with Crippen molar-refractivity contribution in [2.24, 2.45) is 17.6 Å². The molecule has 1 aromatic carbocycles. The molecule has 3 aliphatic rings. The summed E-state index contributed by atoms with van der Waals surface area (Å²) in [5.74, 6) is 0.591. The summed E-state index contributed by atoms with van der Waals surface area (Å²) in [5, 5.41) is 25.3. The number of rotatable bonds is 5. The van der Waals surface area contributed by atoms with Crippen molar-refractivity contribution in [1.29, 1.82) is 0 Å². The number of hydrogen-bond donors (Lipinski definition) is 4. The summed E-state index contributed by atoms with van der Waals surface area (Å²) in [6.07, 6.45) is 7.70. The van der Waals surface area contributed by atoms with Crippen LogP contribution in [0.2, 0.25) is 0 Å². The molecule has 3 aliphatic carbocycles. The Bertz CT molecular complexity index is 731. The van der Waals surface area contributed by atoms with Gasteiger partial charge in [-0.1, -0.05) is 19.4 Å². The maximum absolute atomic E-state index is 11.8. The average molecular weight is 373 g/mol. The zero-order valence-electron chi connectivity index (χ0n) is 16.2. The van der Waals surface area contributed by atoms with E-state index in [2.05, 4.69) is 12.2 Å². The molecule has 0 bridgehead atoms. The van der Waals surface area contributed by atoms with E-state index >= 15 is 0 Å². The molecule has 0 aliphatic heterocycles. The molecule has 1 amide bonds. The lowest BCUT2D eigenvalue weighted by atomic mass is 9.53. The molecule has 5 heteroatoms. The number of aliphatic hydroxyl groups is 1. The van der Waals surface area contributed by atoms with Gasteiger partial charge in [0.2, 0.25) is 0 Å². The maximum Gasteiger partial charge on any atom is 0.252 e. The highest BCUT2D eigenvalue weighted by atomic mass is 16.3. The number of benzene rings is 1. The number of hydrogen-bond acceptors (Lipinski definition) is 4. The van der Waals surface area contributed by atoms with Gasteiger partial charge in [-0.05, 0) is 75.0 Å². The minimum Gasteiger partial charge on any atom is -0.507 e. The average Bonchev–Trinajstić information content (AvgIpc) is 2.59. The smallest absolute Gasteiger partial charge is 0.252 e. The van der Waals surface area contributed by atoms with Crippen LogP contribution in [-0.2, 0) is 11.8 Å². The van der Waals surface area contributed by atoms with Gasteiger partial charge in [-0.3, -0.25) is 4.79 Å². The number of nitrogens with one attached hydrogen (secondary N) is 1. The van der Waals surface area contributed by atoms with Crippen molar-refractivity contribution in [1.82, 2.24) is 5.32 Å². The van der Waals surface area contributed by atoms with Gasteiger partial charge in [-0.15, -0.1) is 0 Å². The molecule has 0 aromatic heterocycles. The Morgan fingerprint density at radius 3 is 2.70 bits per heavy atom. The van der Waals surface area contributed by atoms with Crippen molar-refractivity contribution in [3.05, 3.63) is 28.8 Å². The van der Waals surface area contributed by atoms with Gasteiger partial charge < -0.3 is 21.3 Å².